The van der Waals surface area contributed by atoms with Crippen LogP contribution in [0, 0.1) is 29.1 Å². The van der Waals surface area contributed by atoms with Gasteiger partial charge in [-0.2, -0.15) is 8.78 Å². The molecule has 0 N–H and O–H groups in total. The van der Waals surface area contributed by atoms with E-state index in [2.05, 4.69) is 0 Å². The van der Waals surface area contributed by atoms with Gasteiger partial charge in [0.1, 0.15) is 5.69 Å². The summed E-state index contributed by atoms with van der Waals surface area (Å²) in [5.41, 5.74) is -2.28. The van der Waals surface area contributed by atoms with Gasteiger partial charge in [0.05, 0.1) is 0 Å². The third-order valence-corrected chi connectivity index (χ3v) is 2.35. The lowest BCUT2D eigenvalue weighted by Gasteiger charge is -2.27. The number of hydrogen-bond acceptors (Lipinski definition) is 1. The maximum absolute atomic E-state index is 13.3. The van der Waals surface area contributed by atoms with Crippen LogP contribution >= 0.6 is 0 Å². The second kappa shape index (κ2) is 5.17. The SMILES string of the molecule is CCC(F)(F)N(C([O])=O)c1c(F)c(F)c(F)c(F)c1F. The number of carbonyl (C=O) groups is 1. The number of benzene rings is 1. The Morgan fingerprint density at radius 2 is 1.30 bits per heavy atom. The van der Waals surface area contributed by atoms with Gasteiger partial charge in [-0.3, -0.25) is 0 Å². The van der Waals surface area contributed by atoms with Crippen molar-refractivity contribution in [3.8, 4) is 0 Å². The summed E-state index contributed by atoms with van der Waals surface area (Å²) in [5, 5.41) is 10.6. The molecule has 0 heterocycles. The van der Waals surface area contributed by atoms with Crippen LogP contribution in [-0.4, -0.2) is 12.1 Å². The van der Waals surface area contributed by atoms with Gasteiger partial charge in [0.25, 0.3) is 0 Å². The van der Waals surface area contributed by atoms with Crippen LogP contribution in [0.3, 0.4) is 0 Å². The molecule has 1 aromatic carbocycles. The Bertz CT molecular complexity index is 532. The van der Waals surface area contributed by atoms with Gasteiger partial charge in [0.15, 0.2) is 23.3 Å². The molecule has 0 bridgehead atoms. The number of amides is 1. The zero-order chi connectivity index (χ0) is 15.8. The number of halogens is 7. The molecule has 0 aliphatic carbocycles. The summed E-state index contributed by atoms with van der Waals surface area (Å²) in [6.07, 6.45) is -4.10. The largest absolute Gasteiger partial charge is 0.462 e. The zero-order valence-corrected chi connectivity index (χ0v) is 9.62. The first-order chi connectivity index (χ1) is 9.06. The van der Waals surface area contributed by atoms with Gasteiger partial charge in [-0.25, -0.2) is 36.8 Å². The molecule has 0 saturated carbocycles. The molecule has 1 rings (SSSR count). The molecule has 0 atom stereocenters. The molecule has 1 aromatic rings. The Hall–Kier alpha value is -2.00. The van der Waals surface area contributed by atoms with E-state index >= 15 is 0 Å². The summed E-state index contributed by atoms with van der Waals surface area (Å²) in [5.74, 6) is -13.1. The van der Waals surface area contributed by atoms with Crippen molar-refractivity contribution in [1.82, 2.24) is 0 Å². The van der Waals surface area contributed by atoms with E-state index in [9.17, 15) is 40.6 Å². The average Bonchev–Trinajstić information content (AvgIpc) is 2.38. The van der Waals surface area contributed by atoms with Gasteiger partial charge >= 0.3 is 12.1 Å². The van der Waals surface area contributed by atoms with E-state index in [1.54, 1.807) is 0 Å². The summed E-state index contributed by atoms with van der Waals surface area (Å²) in [6.45, 7) is 0.738. The lowest BCUT2D eigenvalue weighted by atomic mass is 10.2. The van der Waals surface area contributed by atoms with E-state index in [1.807, 2.05) is 0 Å². The molecule has 0 aliphatic heterocycles. The Morgan fingerprint density at radius 1 is 0.950 bits per heavy atom. The standard InChI is InChI=1S/C10H5F7NO2/c1-2-10(16,17)18(9(19)20)8-6(14)4(12)3(11)5(13)7(8)15/h2H2,1H3. The summed E-state index contributed by atoms with van der Waals surface area (Å²) < 4.78 is 91.7. The molecule has 0 fully saturated rings. The maximum atomic E-state index is 13.3. The third-order valence-electron chi connectivity index (χ3n) is 2.35. The molecule has 1 radical (unpaired) electrons. The van der Waals surface area contributed by atoms with Crippen molar-refractivity contribution in [2.45, 2.75) is 19.4 Å². The molecular weight excluding hydrogens is 299 g/mol. The van der Waals surface area contributed by atoms with Gasteiger partial charge in [-0.05, 0) is 0 Å². The fraction of sp³-hybridized carbons (Fsp3) is 0.300. The predicted molar refractivity (Wildman–Crippen MR) is 50.0 cm³/mol. The van der Waals surface area contributed by atoms with Crippen molar-refractivity contribution in [2.24, 2.45) is 0 Å². The summed E-state index contributed by atoms with van der Waals surface area (Å²) in [6, 6.07) is -4.42. The van der Waals surface area contributed by atoms with E-state index in [4.69, 9.17) is 0 Å². The van der Waals surface area contributed by atoms with Crippen molar-refractivity contribution in [1.29, 1.82) is 0 Å². The molecule has 0 spiro atoms. The number of hydrogen-bond donors (Lipinski definition) is 0. The Morgan fingerprint density at radius 3 is 1.60 bits per heavy atom. The first-order valence-electron chi connectivity index (χ1n) is 4.96. The quantitative estimate of drug-likeness (QED) is 0.363. The Kier molecular flexibility index (Phi) is 4.15. The first-order valence-corrected chi connectivity index (χ1v) is 4.96. The van der Waals surface area contributed by atoms with Gasteiger partial charge < -0.3 is 0 Å². The number of alkyl halides is 2. The molecule has 20 heavy (non-hydrogen) atoms. The van der Waals surface area contributed by atoms with E-state index in [1.165, 1.54) is 0 Å². The monoisotopic (exact) mass is 304 g/mol. The van der Waals surface area contributed by atoms with Crippen molar-refractivity contribution in [2.75, 3.05) is 4.90 Å². The summed E-state index contributed by atoms with van der Waals surface area (Å²) in [7, 11) is 0. The van der Waals surface area contributed by atoms with Crippen LogP contribution in [0.5, 0.6) is 0 Å². The molecule has 0 saturated heterocycles. The second-order valence-electron chi connectivity index (χ2n) is 3.54. The van der Waals surface area contributed by atoms with Crippen LogP contribution in [0.2, 0.25) is 0 Å². The predicted octanol–water partition coefficient (Wildman–Crippen LogP) is 3.74. The summed E-state index contributed by atoms with van der Waals surface area (Å²) >= 11 is 0. The highest BCUT2D eigenvalue weighted by Gasteiger charge is 2.46. The topological polar surface area (TPSA) is 40.2 Å². The Balaban J connectivity index is 3.71. The minimum atomic E-state index is -4.42. The highest BCUT2D eigenvalue weighted by molar-refractivity contribution is 5.87. The van der Waals surface area contributed by atoms with Crippen molar-refractivity contribution >= 4 is 11.8 Å². The number of carbonyl (C=O) groups excluding carboxylic acids is 1. The molecule has 0 unspecified atom stereocenters. The smallest absolute Gasteiger partial charge is 0.220 e. The molecule has 0 aromatic heterocycles. The van der Waals surface area contributed by atoms with E-state index in [0.717, 1.165) is 6.92 Å². The van der Waals surface area contributed by atoms with Crippen LogP contribution in [-0.2, 0) is 5.11 Å². The Labute approximate surface area is 107 Å². The van der Waals surface area contributed by atoms with Crippen LogP contribution in [0.15, 0.2) is 0 Å². The number of anilines is 1. The zero-order valence-electron chi connectivity index (χ0n) is 9.62. The minimum absolute atomic E-state index is 0.738. The molecule has 111 valence electrons. The van der Waals surface area contributed by atoms with E-state index in [-0.39, 0.29) is 0 Å². The molecular formula is C10H5F7NO2. The van der Waals surface area contributed by atoms with Gasteiger partial charge in [0, 0.05) is 6.42 Å². The molecule has 1 amide bonds. The van der Waals surface area contributed by atoms with Crippen molar-refractivity contribution in [3.63, 3.8) is 0 Å². The first kappa shape index (κ1) is 16.1. The van der Waals surface area contributed by atoms with Crippen LogP contribution in [0.25, 0.3) is 0 Å². The minimum Gasteiger partial charge on any atom is -0.220 e. The average molecular weight is 304 g/mol. The van der Waals surface area contributed by atoms with E-state index in [0.29, 0.717) is 0 Å². The van der Waals surface area contributed by atoms with Crippen molar-refractivity contribution < 1.29 is 40.6 Å². The highest BCUT2D eigenvalue weighted by atomic mass is 19.3. The second-order valence-corrected chi connectivity index (χ2v) is 3.54. The number of rotatable bonds is 3. The van der Waals surface area contributed by atoms with Gasteiger partial charge in [-0.15, -0.1) is 0 Å². The summed E-state index contributed by atoms with van der Waals surface area (Å²) in [4.78, 5) is 9.28. The normalized spacial score (nSPS) is 11.6. The third kappa shape index (κ3) is 2.37. The lowest BCUT2D eigenvalue weighted by Crippen LogP contribution is -2.46. The number of nitrogens with zero attached hydrogens (tertiary/aromatic N) is 1. The van der Waals surface area contributed by atoms with Crippen LogP contribution in [0.4, 0.5) is 41.2 Å². The molecule has 10 heteroatoms. The molecule has 3 nitrogen and oxygen atoms in total. The fourth-order valence-corrected chi connectivity index (χ4v) is 1.34. The fourth-order valence-electron chi connectivity index (χ4n) is 1.34. The van der Waals surface area contributed by atoms with Gasteiger partial charge in [-0.1, -0.05) is 6.92 Å². The lowest BCUT2D eigenvalue weighted by molar-refractivity contribution is -0.00676. The van der Waals surface area contributed by atoms with Crippen LogP contribution in [0.1, 0.15) is 13.3 Å². The maximum Gasteiger partial charge on any atom is 0.462 e. The van der Waals surface area contributed by atoms with E-state index < -0.39 is 58.2 Å². The molecule has 0 aliphatic rings. The van der Waals surface area contributed by atoms with Gasteiger partial charge in [0.2, 0.25) is 5.82 Å². The van der Waals surface area contributed by atoms with Crippen LogP contribution < -0.4 is 4.90 Å². The van der Waals surface area contributed by atoms with Crippen molar-refractivity contribution in [3.05, 3.63) is 29.1 Å². The highest BCUT2D eigenvalue weighted by Crippen LogP contribution is 2.36.